The summed E-state index contributed by atoms with van der Waals surface area (Å²) in [5.41, 5.74) is 2.51. The first-order valence-corrected chi connectivity index (χ1v) is 7.25. The van der Waals surface area contributed by atoms with E-state index in [4.69, 9.17) is 10.6 Å². The second-order valence-electron chi connectivity index (χ2n) is 4.71. The van der Waals surface area contributed by atoms with Crippen LogP contribution in [-0.4, -0.2) is 47.5 Å². The van der Waals surface area contributed by atoms with Crippen molar-refractivity contribution >= 4 is 33.3 Å². The Morgan fingerprint density at radius 1 is 1.60 bits per heavy atom. The molecule has 0 spiro atoms. The molecule has 108 valence electrons. The van der Waals surface area contributed by atoms with Crippen molar-refractivity contribution in [2.24, 2.45) is 5.84 Å². The van der Waals surface area contributed by atoms with Crippen LogP contribution in [0.5, 0.6) is 0 Å². The molecule has 0 bridgehead atoms. The molecule has 20 heavy (non-hydrogen) atoms. The van der Waals surface area contributed by atoms with Crippen molar-refractivity contribution < 1.29 is 9.84 Å². The van der Waals surface area contributed by atoms with Gasteiger partial charge < -0.3 is 14.7 Å². The normalized spacial score (nSPS) is 19.6. The van der Waals surface area contributed by atoms with E-state index in [0.29, 0.717) is 19.1 Å². The average molecular weight is 295 g/mol. The molecule has 3 heterocycles. The molecule has 1 aliphatic rings. The zero-order chi connectivity index (χ0) is 14.1. The Morgan fingerprint density at radius 3 is 3.20 bits per heavy atom. The van der Waals surface area contributed by atoms with Gasteiger partial charge in [-0.25, -0.2) is 10.8 Å². The highest BCUT2D eigenvalue weighted by Gasteiger charge is 2.23. The average Bonchev–Trinajstić information content (AvgIpc) is 2.86. The SMILES string of the molecule is Cc1cc2c(N3CCOC(CO)C3)nc(NN)nc2s1. The summed E-state index contributed by atoms with van der Waals surface area (Å²) in [5, 5.41) is 10.3. The highest BCUT2D eigenvalue weighted by Crippen LogP contribution is 2.32. The molecule has 8 heteroatoms. The minimum absolute atomic E-state index is 0.00931. The van der Waals surface area contributed by atoms with Crippen LogP contribution in [0, 0.1) is 6.92 Å². The predicted molar refractivity (Wildman–Crippen MR) is 79.0 cm³/mol. The number of aliphatic hydroxyl groups is 1. The van der Waals surface area contributed by atoms with E-state index in [-0.39, 0.29) is 12.7 Å². The number of anilines is 2. The zero-order valence-electron chi connectivity index (χ0n) is 11.2. The van der Waals surface area contributed by atoms with Crippen LogP contribution in [0.3, 0.4) is 0 Å². The molecular formula is C12H17N5O2S. The molecule has 0 saturated carbocycles. The van der Waals surface area contributed by atoms with E-state index >= 15 is 0 Å². The number of thiophene rings is 1. The third kappa shape index (κ3) is 2.42. The first-order chi connectivity index (χ1) is 9.71. The number of aryl methyl sites for hydroxylation is 1. The number of hydrogen-bond donors (Lipinski definition) is 3. The molecule has 2 aromatic rings. The number of hydrazine groups is 1. The molecule has 4 N–H and O–H groups in total. The largest absolute Gasteiger partial charge is 0.394 e. The van der Waals surface area contributed by atoms with Crippen molar-refractivity contribution in [3.63, 3.8) is 0 Å². The number of nitrogens with zero attached hydrogens (tertiary/aromatic N) is 3. The maximum Gasteiger partial charge on any atom is 0.240 e. The van der Waals surface area contributed by atoms with E-state index in [0.717, 1.165) is 22.6 Å². The van der Waals surface area contributed by atoms with Gasteiger partial charge in [0.1, 0.15) is 10.6 Å². The third-order valence-corrected chi connectivity index (χ3v) is 4.21. The molecule has 1 aliphatic heterocycles. The number of aromatic nitrogens is 2. The highest BCUT2D eigenvalue weighted by molar-refractivity contribution is 7.18. The fourth-order valence-electron chi connectivity index (χ4n) is 2.35. The van der Waals surface area contributed by atoms with Crippen LogP contribution in [0.4, 0.5) is 11.8 Å². The Hall–Kier alpha value is -1.48. The van der Waals surface area contributed by atoms with E-state index in [1.165, 1.54) is 4.88 Å². The van der Waals surface area contributed by atoms with Gasteiger partial charge in [0.2, 0.25) is 5.95 Å². The molecule has 1 fully saturated rings. The van der Waals surface area contributed by atoms with Crippen LogP contribution in [-0.2, 0) is 4.74 Å². The number of fused-ring (bicyclic) bond motifs is 1. The molecule has 1 atom stereocenters. The van der Waals surface area contributed by atoms with Crippen LogP contribution in [0.1, 0.15) is 4.88 Å². The lowest BCUT2D eigenvalue weighted by molar-refractivity contribution is 0.00344. The van der Waals surface area contributed by atoms with E-state index in [1.807, 2.05) is 6.92 Å². The lowest BCUT2D eigenvalue weighted by Crippen LogP contribution is -2.44. The first-order valence-electron chi connectivity index (χ1n) is 6.43. The van der Waals surface area contributed by atoms with Crippen LogP contribution < -0.4 is 16.2 Å². The molecule has 2 aromatic heterocycles. The van der Waals surface area contributed by atoms with Crippen molar-refractivity contribution in [1.29, 1.82) is 0 Å². The van der Waals surface area contributed by atoms with Crippen molar-refractivity contribution in [3.05, 3.63) is 10.9 Å². The molecule has 3 rings (SSSR count). The first kappa shape index (κ1) is 13.5. The second kappa shape index (κ2) is 5.49. The molecule has 0 aromatic carbocycles. The van der Waals surface area contributed by atoms with Crippen LogP contribution >= 0.6 is 11.3 Å². The Balaban J connectivity index is 2.04. The van der Waals surface area contributed by atoms with Crippen LogP contribution in [0.2, 0.25) is 0 Å². The number of nitrogens with one attached hydrogen (secondary N) is 1. The van der Waals surface area contributed by atoms with Crippen molar-refractivity contribution in [2.75, 3.05) is 36.6 Å². The van der Waals surface area contributed by atoms with Gasteiger partial charge in [0.05, 0.1) is 24.7 Å². The van der Waals surface area contributed by atoms with E-state index in [2.05, 4.69) is 26.4 Å². The second-order valence-corrected chi connectivity index (χ2v) is 5.95. The minimum Gasteiger partial charge on any atom is -0.394 e. The summed E-state index contributed by atoms with van der Waals surface area (Å²) in [6.45, 7) is 3.98. The molecular weight excluding hydrogens is 278 g/mol. The fraction of sp³-hybridized carbons (Fsp3) is 0.500. The summed E-state index contributed by atoms with van der Waals surface area (Å²) in [6, 6.07) is 2.08. The number of hydrogen-bond acceptors (Lipinski definition) is 8. The van der Waals surface area contributed by atoms with Gasteiger partial charge in [-0.3, -0.25) is 5.43 Å². The van der Waals surface area contributed by atoms with E-state index in [1.54, 1.807) is 11.3 Å². The molecule has 7 nitrogen and oxygen atoms in total. The van der Waals surface area contributed by atoms with Gasteiger partial charge >= 0.3 is 0 Å². The Bertz CT molecular complexity index is 617. The predicted octanol–water partition coefficient (Wildman–Crippen LogP) is 0.483. The Kier molecular flexibility index (Phi) is 3.70. The summed E-state index contributed by atoms with van der Waals surface area (Å²) in [4.78, 5) is 13.0. The number of aliphatic hydroxyl groups excluding tert-OH is 1. The lowest BCUT2D eigenvalue weighted by atomic mass is 10.2. The summed E-state index contributed by atoms with van der Waals surface area (Å²) < 4.78 is 5.48. The number of nitrogen functional groups attached to an aromatic ring is 1. The van der Waals surface area contributed by atoms with Gasteiger partial charge in [0, 0.05) is 18.0 Å². The summed E-state index contributed by atoms with van der Waals surface area (Å²) in [5.74, 6) is 6.69. The van der Waals surface area contributed by atoms with Crippen molar-refractivity contribution in [3.8, 4) is 0 Å². The number of rotatable bonds is 3. The Morgan fingerprint density at radius 2 is 2.45 bits per heavy atom. The summed E-state index contributed by atoms with van der Waals surface area (Å²) >= 11 is 1.61. The quantitative estimate of drug-likeness (QED) is 0.560. The third-order valence-electron chi connectivity index (χ3n) is 3.27. The van der Waals surface area contributed by atoms with Gasteiger partial charge in [-0.1, -0.05) is 0 Å². The fourth-order valence-corrected chi connectivity index (χ4v) is 3.23. The molecule has 0 radical (unpaired) electrons. The van der Waals surface area contributed by atoms with Gasteiger partial charge in [-0.2, -0.15) is 4.98 Å². The monoisotopic (exact) mass is 295 g/mol. The van der Waals surface area contributed by atoms with Gasteiger partial charge in [0.15, 0.2) is 0 Å². The lowest BCUT2D eigenvalue weighted by Gasteiger charge is -2.33. The van der Waals surface area contributed by atoms with E-state index < -0.39 is 0 Å². The van der Waals surface area contributed by atoms with Crippen LogP contribution in [0.15, 0.2) is 6.07 Å². The maximum absolute atomic E-state index is 9.26. The van der Waals surface area contributed by atoms with Crippen molar-refractivity contribution in [2.45, 2.75) is 13.0 Å². The van der Waals surface area contributed by atoms with Crippen molar-refractivity contribution in [1.82, 2.24) is 9.97 Å². The van der Waals surface area contributed by atoms with Gasteiger partial charge in [0.25, 0.3) is 0 Å². The topological polar surface area (TPSA) is 96.5 Å². The molecule has 1 unspecified atom stereocenters. The summed E-state index contributed by atoms with van der Waals surface area (Å²) in [6.07, 6.45) is -0.178. The van der Waals surface area contributed by atoms with Gasteiger partial charge in [-0.15, -0.1) is 11.3 Å². The van der Waals surface area contributed by atoms with E-state index in [9.17, 15) is 5.11 Å². The minimum atomic E-state index is -0.178. The smallest absolute Gasteiger partial charge is 0.240 e. The van der Waals surface area contributed by atoms with Crippen LogP contribution in [0.25, 0.3) is 10.2 Å². The maximum atomic E-state index is 9.26. The molecule has 0 aliphatic carbocycles. The standard InChI is InChI=1S/C12H17N5O2S/c1-7-4-9-10(14-12(16-13)15-11(9)20-7)17-2-3-19-8(5-17)6-18/h4,8,18H,2-3,5-6,13H2,1H3,(H,14,15,16). The zero-order valence-corrected chi connectivity index (χ0v) is 12.0. The number of nitrogens with two attached hydrogens (primary N) is 1. The Labute approximate surface area is 120 Å². The summed E-state index contributed by atoms with van der Waals surface area (Å²) in [7, 11) is 0. The molecule has 0 amide bonds. The van der Waals surface area contributed by atoms with Gasteiger partial charge in [-0.05, 0) is 13.0 Å². The number of morpholine rings is 1. The number of ether oxygens (including phenoxy) is 1. The highest BCUT2D eigenvalue weighted by atomic mass is 32.1. The molecule has 1 saturated heterocycles.